The summed E-state index contributed by atoms with van der Waals surface area (Å²) in [6, 6.07) is 19.7. The Morgan fingerprint density at radius 2 is 1.61 bits per heavy atom. The van der Waals surface area contributed by atoms with Crippen molar-refractivity contribution in [1.29, 1.82) is 0 Å². The van der Waals surface area contributed by atoms with E-state index in [1.165, 1.54) is 12.1 Å². The number of benzene rings is 3. The van der Waals surface area contributed by atoms with Crippen LogP contribution in [0.5, 0.6) is 5.75 Å². The van der Waals surface area contributed by atoms with Gasteiger partial charge >= 0.3 is 6.03 Å². The van der Waals surface area contributed by atoms with Gasteiger partial charge < -0.3 is 10.1 Å². The van der Waals surface area contributed by atoms with Crippen LogP contribution in [0.15, 0.2) is 78.5 Å². The zero-order valence-electron chi connectivity index (χ0n) is 16.3. The molecular formula is C24H18ClFN2O3. The molecule has 0 aliphatic carbocycles. The Kier molecular flexibility index (Phi) is 6.00. The van der Waals surface area contributed by atoms with Gasteiger partial charge in [0.2, 0.25) is 0 Å². The Morgan fingerprint density at radius 3 is 2.35 bits per heavy atom. The predicted molar refractivity (Wildman–Crippen MR) is 116 cm³/mol. The molecule has 0 spiro atoms. The average molecular weight is 437 g/mol. The quantitative estimate of drug-likeness (QED) is 0.429. The number of nitrogens with zero attached hydrogens (tertiary/aromatic N) is 1. The third kappa shape index (κ3) is 4.92. The first-order valence-electron chi connectivity index (χ1n) is 9.55. The molecule has 1 saturated heterocycles. The molecule has 3 amide bonds. The fourth-order valence-corrected chi connectivity index (χ4v) is 3.24. The van der Waals surface area contributed by atoms with Crippen LogP contribution in [0.4, 0.5) is 9.18 Å². The molecule has 31 heavy (non-hydrogen) atoms. The molecule has 1 fully saturated rings. The van der Waals surface area contributed by atoms with Gasteiger partial charge in [0.05, 0.1) is 6.54 Å². The van der Waals surface area contributed by atoms with E-state index < -0.39 is 11.9 Å². The van der Waals surface area contributed by atoms with Gasteiger partial charge in [-0.05, 0) is 47.5 Å². The SMILES string of the molecule is O=C1N/C(=C\c2ccccc2OCc2ccc(F)cc2)C(=O)N1Cc1ccc(Cl)cc1. The topological polar surface area (TPSA) is 58.6 Å². The predicted octanol–water partition coefficient (Wildman–Crippen LogP) is 5.15. The van der Waals surface area contributed by atoms with E-state index in [4.69, 9.17) is 16.3 Å². The molecule has 0 bridgehead atoms. The van der Waals surface area contributed by atoms with Gasteiger partial charge in [-0.2, -0.15) is 0 Å². The van der Waals surface area contributed by atoms with Crippen LogP contribution in [0.25, 0.3) is 6.08 Å². The molecule has 156 valence electrons. The molecule has 3 aromatic carbocycles. The van der Waals surface area contributed by atoms with E-state index >= 15 is 0 Å². The van der Waals surface area contributed by atoms with Gasteiger partial charge in [-0.1, -0.05) is 54.1 Å². The summed E-state index contributed by atoms with van der Waals surface area (Å²) >= 11 is 5.89. The van der Waals surface area contributed by atoms with Gasteiger partial charge in [0.25, 0.3) is 5.91 Å². The number of nitrogens with one attached hydrogen (secondary N) is 1. The Hall–Kier alpha value is -3.64. The van der Waals surface area contributed by atoms with Crippen molar-refractivity contribution in [3.63, 3.8) is 0 Å². The van der Waals surface area contributed by atoms with E-state index in [2.05, 4.69) is 5.32 Å². The molecule has 7 heteroatoms. The van der Waals surface area contributed by atoms with Crippen LogP contribution in [0, 0.1) is 5.82 Å². The minimum atomic E-state index is -0.490. The zero-order valence-corrected chi connectivity index (χ0v) is 17.1. The summed E-state index contributed by atoms with van der Waals surface area (Å²) in [7, 11) is 0. The summed E-state index contributed by atoms with van der Waals surface area (Å²) in [6.45, 7) is 0.380. The molecular weight excluding hydrogens is 419 g/mol. The second-order valence-corrected chi connectivity index (χ2v) is 7.40. The molecule has 1 aliphatic heterocycles. The van der Waals surface area contributed by atoms with Crippen LogP contribution in [-0.2, 0) is 17.9 Å². The van der Waals surface area contributed by atoms with Crippen molar-refractivity contribution in [1.82, 2.24) is 10.2 Å². The Morgan fingerprint density at radius 1 is 0.935 bits per heavy atom. The summed E-state index contributed by atoms with van der Waals surface area (Å²) < 4.78 is 18.9. The number of carbonyl (C=O) groups excluding carboxylic acids is 2. The third-order valence-electron chi connectivity index (χ3n) is 4.74. The van der Waals surface area contributed by atoms with Gasteiger partial charge in [-0.15, -0.1) is 0 Å². The van der Waals surface area contributed by atoms with Crippen molar-refractivity contribution in [2.75, 3.05) is 0 Å². The molecule has 0 aromatic heterocycles. The first-order valence-corrected chi connectivity index (χ1v) is 9.92. The van der Waals surface area contributed by atoms with E-state index in [1.54, 1.807) is 54.6 Å². The Bertz CT molecular complexity index is 1140. The van der Waals surface area contributed by atoms with E-state index in [-0.39, 0.29) is 24.7 Å². The second kappa shape index (κ2) is 9.02. The molecule has 1 heterocycles. The molecule has 5 nitrogen and oxygen atoms in total. The van der Waals surface area contributed by atoms with Crippen molar-refractivity contribution in [2.24, 2.45) is 0 Å². The number of carbonyl (C=O) groups is 2. The highest BCUT2D eigenvalue weighted by molar-refractivity contribution is 6.30. The highest BCUT2D eigenvalue weighted by Gasteiger charge is 2.33. The van der Waals surface area contributed by atoms with Crippen molar-refractivity contribution < 1.29 is 18.7 Å². The van der Waals surface area contributed by atoms with Crippen molar-refractivity contribution in [3.8, 4) is 5.75 Å². The molecule has 4 rings (SSSR count). The minimum Gasteiger partial charge on any atom is -0.488 e. The Labute approximate surface area is 183 Å². The highest BCUT2D eigenvalue weighted by atomic mass is 35.5. The van der Waals surface area contributed by atoms with Crippen LogP contribution in [-0.4, -0.2) is 16.8 Å². The number of hydrogen-bond donors (Lipinski definition) is 1. The lowest BCUT2D eigenvalue weighted by Crippen LogP contribution is -2.30. The lowest BCUT2D eigenvalue weighted by Gasteiger charge is -2.12. The number of ether oxygens (including phenoxy) is 1. The number of hydrogen-bond acceptors (Lipinski definition) is 3. The molecule has 0 atom stereocenters. The van der Waals surface area contributed by atoms with E-state index in [1.807, 2.05) is 12.1 Å². The maximum absolute atomic E-state index is 13.1. The van der Waals surface area contributed by atoms with Gasteiger partial charge in [-0.3, -0.25) is 9.69 Å². The van der Waals surface area contributed by atoms with Crippen molar-refractivity contribution in [3.05, 3.63) is 106 Å². The first kappa shape index (κ1) is 20.6. The minimum absolute atomic E-state index is 0.141. The molecule has 0 radical (unpaired) electrons. The second-order valence-electron chi connectivity index (χ2n) is 6.96. The molecule has 0 unspecified atom stereocenters. The smallest absolute Gasteiger partial charge is 0.329 e. The van der Waals surface area contributed by atoms with Crippen LogP contribution in [0.2, 0.25) is 5.02 Å². The molecule has 3 aromatic rings. The lowest BCUT2D eigenvalue weighted by atomic mass is 10.1. The van der Waals surface area contributed by atoms with E-state index in [9.17, 15) is 14.0 Å². The lowest BCUT2D eigenvalue weighted by molar-refractivity contribution is -0.123. The number of urea groups is 1. The maximum atomic E-state index is 13.1. The highest BCUT2D eigenvalue weighted by Crippen LogP contribution is 2.24. The van der Waals surface area contributed by atoms with E-state index in [0.29, 0.717) is 16.3 Å². The van der Waals surface area contributed by atoms with Gasteiger partial charge in [0, 0.05) is 10.6 Å². The van der Waals surface area contributed by atoms with Crippen molar-refractivity contribution in [2.45, 2.75) is 13.2 Å². The number of imide groups is 1. The maximum Gasteiger partial charge on any atom is 0.329 e. The van der Waals surface area contributed by atoms with Gasteiger partial charge in [0.15, 0.2) is 0 Å². The fourth-order valence-electron chi connectivity index (χ4n) is 3.12. The largest absolute Gasteiger partial charge is 0.488 e. The third-order valence-corrected chi connectivity index (χ3v) is 4.99. The fraction of sp³-hybridized carbons (Fsp3) is 0.0833. The Balaban J connectivity index is 1.50. The number of amides is 3. The summed E-state index contributed by atoms with van der Waals surface area (Å²) in [5.74, 6) is -0.196. The van der Waals surface area contributed by atoms with E-state index in [0.717, 1.165) is 16.0 Å². The van der Waals surface area contributed by atoms with Gasteiger partial charge in [0.1, 0.15) is 23.9 Å². The zero-order chi connectivity index (χ0) is 21.8. The van der Waals surface area contributed by atoms with Gasteiger partial charge in [-0.25, -0.2) is 9.18 Å². The monoisotopic (exact) mass is 436 g/mol. The van der Waals surface area contributed by atoms with Crippen LogP contribution in [0.3, 0.4) is 0 Å². The van der Waals surface area contributed by atoms with Crippen LogP contribution in [0.1, 0.15) is 16.7 Å². The number of para-hydroxylation sites is 1. The molecule has 1 aliphatic rings. The van der Waals surface area contributed by atoms with Crippen LogP contribution < -0.4 is 10.1 Å². The standard InChI is InChI=1S/C24H18ClFN2O3/c25-19-9-5-16(6-10-19)14-28-23(29)21(27-24(28)30)13-18-3-1-2-4-22(18)31-15-17-7-11-20(26)12-8-17/h1-13H,14-15H2,(H,27,30)/b21-13-. The molecule has 0 saturated carbocycles. The van der Waals surface area contributed by atoms with Crippen molar-refractivity contribution >= 4 is 29.6 Å². The first-order chi connectivity index (χ1) is 15.0. The summed E-state index contributed by atoms with van der Waals surface area (Å²) in [4.78, 5) is 26.3. The number of rotatable bonds is 6. The summed E-state index contributed by atoms with van der Waals surface area (Å²) in [5.41, 5.74) is 2.40. The molecule has 1 N–H and O–H groups in total. The summed E-state index contributed by atoms with van der Waals surface area (Å²) in [5, 5.41) is 3.20. The van der Waals surface area contributed by atoms with Crippen LogP contribution >= 0.6 is 11.6 Å². The average Bonchev–Trinajstić information content (AvgIpc) is 3.03. The number of halogens is 2. The summed E-state index contributed by atoms with van der Waals surface area (Å²) in [6.07, 6.45) is 1.59. The normalized spacial score (nSPS) is 14.8.